The van der Waals surface area contributed by atoms with Crippen LogP contribution in [-0.2, 0) is 0 Å². The lowest BCUT2D eigenvalue weighted by Gasteiger charge is -2.37. The normalized spacial score (nSPS) is 25.0. The fourth-order valence-corrected chi connectivity index (χ4v) is 2.45. The summed E-state index contributed by atoms with van der Waals surface area (Å²) < 4.78 is 13.6. The summed E-state index contributed by atoms with van der Waals surface area (Å²) >= 11 is 5.73. The maximum absolute atomic E-state index is 13.6. The molecule has 3 heteroatoms. The van der Waals surface area contributed by atoms with Gasteiger partial charge in [0.15, 0.2) is 0 Å². The van der Waals surface area contributed by atoms with Crippen molar-refractivity contribution >= 4 is 11.6 Å². The SMILES string of the molecule is CNCC1CCC1c1ccc(Cl)cc1F. The van der Waals surface area contributed by atoms with E-state index in [0.29, 0.717) is 16.9 Å². The molecule has 2 rings (SSSR count). The lowest BCUT2D eigenvalue weighted by Crippen LogP contribution is -2.32. The second-order valence-electron chi connectivity index (χ2n) is 4.17. The predicted octanol–water partition coefficient (Wildman–Crippen LogP) is 3.19. The minimum atomic E-state index is -0.159. The van der Waals surface area contributed by atoms with Crippen LogP contribution in [0, 0.1) is 11.7 Å². The van der Waals surface area contributed by atoms with Crippen LogP contribution in [0.5, 0.6) is 0 Å². The summed E-state index contributed by atoms with van der Waals surface area (Å²) in [5.41, 5.74) is 0.825. The second kappa shape index (κ2) is 4.50. The Bertz CT molecular complexity index is 353. The van der Waals surface area contributed by atoms with Crippen molar-refractivity contribution in [3.8, 4) is 0 Å². The molecular formula is C12H15ClFN. The van der Waals surface area contributed by atoms with Crippen molar-refractivity contribution in [2.45, 2.75) is 18.8 Å². The molecule has 0 saturated heterocycles. The molecule has 0 heterocycles. The van der Waals surface area contributed by atoms with Crippen molar-refractivity contribution in [1.82, 2.24) is 5.32 Å². The average molecular weight is 228 g/mol. The first-order chi connectivity index (χ1) is 7.22. The fraction of sp³-hybridized carbons (Fsp3) is 0.500. The van der Waals surface area contributed by atoms with Crippen molar-refractivity contribution in [2.75, 3.05) is 13.6 Å². The molecule has 1 aromatic rings. The van der Waals surface area contributed by atoms with Gasteiger partial charge in [0.05, 0.1) is 0 Å². The summed E-state index contributed by atoms with van der Waals surface area (Å²) in [6.45, 7) is 0.965. The van der Waals surface area contributed by atoms with E-state index in [4.69, 9.17) is 11.6 Å². The van der Waals surface area contributed by atoms with Gasteiger partial charge in [0.25, 0.3) is 0 Å². The highest BCUT2D eigenvalue weighted by molar-refractivity contribution is 6.30. The summed E-state index contributed by atoms with van der Waals surface area (Å²) in [6.07, 6.45) is 2.28. The molecule has 0 aliphatic heterocycles. The lowest BCUT2D eigenvalue weighted by atomic mass is 9.70. The van der Waals surface area contributed by atoms with Crippen LogP contribution < -0.4 is 5.32 Å². The van der Waals surface area contributed by atoms with E-state index in [9.17, 15) is 4.39 Å². The van der Waals surface area contributed by atoms with E-state index < -0.39 is 0 Å². The van der Waals surface area contributed by atoms with E-state index in [2.05, 4.69) is 5.32 Å². The highest BCUT2D eigenvalue weighted by Gasteiger charge is 2.32. The van der Waals surface area contributed by atoms with E-state index in [1.165, 1.54) is 12.5 Å². The molecule has 1 N–H and O–H groups in total. The Morgan fingerprint density at radius 1 is 1.47 bits per heavy atom. The van der Waals surface area contributed by atoms with Gasteiger partial charge in [0.2, 0.25) is 0 Å². The van der Waals surface area contributed by atoms with Gasteiger partial charge in [-0.25, -0.2) is 4.39 Å². The number of benzene rings is 1. The molecule has 2 atom stereocenters. The van der Waals surface area contributed by atoms with E-state index >= 15 is 0 Å². The highest BCUT2D eigenvalue weighted by atomic mass is 35.5. The minimum absolute atomic E-state index is 0.159. The lowest BCUT2D eigenvalue weighted by molar-refractivity contribution is 0.245. The molecule has 0 aromatic heterocycles. The maximum Gasteiger partial charge on any atom is 0.128 e. The van der Waals surface area contributed by atoms with Crippen molar-refractivity contribution < 1.29 is 4.39 Å². The maximum atomic E-state index is 13.6. The average Bonchev–Trinajstić information content (AvgIpc) is 2.17. The highest BCUT2D eigenvalue weighted by Crippen LogP contribution is 2.43. The minimum Gasteiger partial charge on any atom is -0.319 e. The monoisotopic (exact) mass is 227 g/mol. The molecule has 0 spiro atoms. The van der Waals surface area contributed by atoms with Crippen molar-refractivity contribution in [2.24, 2.45) is 5.92 Å². The molecule has 1 aromatic carbocycles. The Morgan fingerprint density at radius 2 is 2.27 bits per heavy atom. The van der Waals surface area contributed by atoms with Gasteiger partial charge in [0.1, 0.15) is 5.82 Å². The van der Waals surface area contributed by atoms with Crippen LogP contribution in [0.25, 0.3) is 0 Å². The topological polar surface area (TPSA) is 12.0 Å². The van der Waals surface area contributed by atoms with Crippen LogP contribution in [0.15, 0.2) is 18.2 Å². The Hall–Kier alpha value is -0.600. The van der Waals surface area contributed by atoms with Gasteiger partial charge in [-0.3, -0.25) is 0 Å². The van der Waals surface area contributed by atoms with Gasteiger partial charge >= 0.3 is 0 Å². The molecule has 1 aliphatic rings. The van der Waals surface area contributed by atoms with Crippen LogP contribution in [0.4, 0.5) is 4.39 Å². The summed E-state index contributed by atoms with van der Waals surface area (Å²) in [4.78, 5) is 0. The van der Waals surface area contributed by atoms with Crippen molar-refractivity contribution in [1.29, 1.82) is 0 Å². The quantitative estimate of drug-likeness (QED) is 0.836. The van der Waals surface area contributed by atoms with E-state index in [1.807, 2.05) is 13.1 Å². The van der Waals surface area contributed by atoms with E-state index in [-0.39, 0.29) is 5.82 Å². The van der Waals surface area contributed by atoms with E-state index in [1.54, 1.807) is 6.07 Å². The summed E-state index contributed by atoms with van der Waals surface area (Å²) in [7, 11) is 1.94. The van der Waals surface area contributed by atoms with Crippen LogP contribution >= 0.6 is 11.6 Å². The standard InChI is InChI=1S/C12H15ClFN/c1-15-7-8-2-4-10(8)11-5-3-9(13)6-12(11)14/h3,5-6,8,10,15H,2,4,7H2,1H3. The summed E-state index contributed by atoms with van der Waals surface area (Å²) in [5.74, 6) is 0.786. The number of rotatable bonds is 3. The van der Waals surface area contributed by atoms with Crippen LogP contribution in [0.1, 0.15) is 24.3 Å². The predicted molar refractivity (Wildman–Crippen MR) is 60.8 cm³/mol. The number of hydrogen-bond acceptors (Lipinski definition) is 1. The molecule has 1 saturated carbocycles. The molecule has 2 unspecified atom stereocenters. The Labute approximate surface area is 94.6 Å². The Morgan fingerprint density at radius 3 is 2.80 bits per heavy atom. The molecule has 0 bridgehead atoms. The van der Waals surface area contributed by atoms with Gasteiger partial charge in [-0.05, 0) is 56.0 Å². The number of hydrogen-bond donors (Lipinski definition) is 1. The fourth-order valence-electron chi connectivity index (χ4n) is 2.29. The molecular weight excluding hydrogens is 213 g/mol. The van der Waals surface area contributed by atoms with Gasteiger partial charge in [-0.15, -0.1) is 0 Å². The number of nitrogens with one attached hydrogen (secondary N) is 1. The molecule has 1 fully saturated rings. The van der Waals surface area contributed by atoms with Gasteiger partial charge < -0.3 is 5.32 Å². The zero-order chi connectivity index (χ0) is 10.8. The first kappa shape index (κ1) is 10.9. The van der Waals surface area contributed by atoms with Crippen LogP contribution in [-0.4, -0.2) is 13.6 Å². The Balaban J connectivity index is 2.15. The zero-order valence-electron chi connectivity index (χ0n) is 8.76. The first-order valence-corrected chi connectivity index (χ1v) is 5.69. The third-order valence-electron chi connectivity index (χ3n) is 3.25. The van der Waals surface area contributed by atoms with E-state index in [0.717, 1.165) is 18.5 Å². The van der Waals surface area contributed by atoms with Gasteiger partial charge in [0, 0.05) is 5.02 Å². The molecule has 82 valence electrons. The van der Waals surface area contributed by atoms with Crippen LogP contribution in [0.2, 0.25) is 5.02 Å². The molecule has 1 aliphatic carbocycles. The third kappa shape index (κ3) is 2.16. The third-order valence-corrected chi connectivity index (χ3v) is 3.48. The first-order valence-electron chi connectivity index (χ1n) is 5.32. The second-order valence-corrected chi connectivity index (χ2v) is 4.60. The zero-order valence-corrected chi connectivity index (χ0v) is 9.52. The largest absolute Gasteiger partial charge is 0.319 e. The van der Waals surface area contributed by atoms with Gasteiger partial charge in [-0.1, -0.05) is 17.7 Å². The van der Waals surface area contributed by atoms with Crippen molar-refractivity contribution in [3.63, 3.8) is 0 Å². The number of halogens is 2. The van der Waals surface area contributed by atoms with Crippen molar-refractivity contribution in [3.05, 3.63) is 34.6 Å². The van der Waals surface area contributed by atoms with Crippen LogP contribution in [0.3, 0.4) is 0 Å². The summed E-state index contributed by atoms with van der Waals surface area (Å²) in [6, 6.07) is 5.00. The molecule has 15 heavy (non-hydrogen) atoms. The Kier molecular flexibility index (Phi) is 3.27. The molecule has 0 amide bonds. The molecule has 0 radical (unpaired) electrons. The molecule has 1 nitrogen and oxygen atoms in total. The van der Waals surface area contributed by atoms with Gasteiger partial charge in [-0.2, -0.15) is 0 Å². The smallest absolute Gasteiger partial charge is 0.128 e. The summed E-state index contributed by atoms with van der Waals surface area (Å²) in [5, 5.41) is 3.62.